The van der Waals surface area contributed by atoms with E-state index in [1.54, 1.807) is 38.3 Å². The van der Waals surface area contributed by atoms with Crippen molar-refractivity contribution in [1.82, 2.24) is 14.5 Å². The summed E-state index contributed by atoms with van der Waals surface area (Å²) in [5.74, 6) is 1.93. The van der Waals surface area contributed by atoms with Gasteiger partial charge in [-0.25, -0.2) is 9.78 Å². The van der Waals surface area contributed by atoms with Crippen LogP contribution in [0.25, 0.3) is 11.0 Å². The van der Waals surface area contributed by atoms with Gasteiger partial charge in [0, 0.05) is 13.6 Å². The molecule has 9 nitrogen and oxygen atoms in total. The minimum atomic E-state index is -0.666. The number of methoxy groups -OCH3 is 1. The quantitative estimate of drug-likeness (QED) is 0.289. The number of fused-ring (bicyclic) bond motifs is 1. The molecule has 192 valence electrons. The van der Waals surface area contributed by atoms with E-state index in [1.807, 2.05) is 60.1 Å². The Balaban J connectivity index is 1.40. The number of aryl methyl sites for hydroxylation is 1. The molecule has 1 aromatic heterocycles. The Morgan fingerprint density at radius 2 is 1.59 bits per heavy atom. The summed E-state index contributed by atoms with van der Waals surface area (Å²) in [6, 6.07) is 21.8. The zero-order chi connectivity index (χ0) is 26.2. The van der Waals surface area contributed by atoms with E-state index in [0.717, 1.165) is 22.4 Å². The third-order valence-corrected chi connectivity index (χ3v) is 5.69. The molecule has 0 fully saturated rings. The Labute approximate surface area is 215 Å². The lowest BCUT2D eigenvalue weighted by atomic mass is 10.2. The van der Waals surface area contributed by atoms with Crippen molar-refractivity contribution >= 4 is 23.1 Å². The first-order chi connectivity index (χ1) is 18.0. The van der Waals surface area contributed by atoms with E-state index in [9.17, 15) is 9.59 Å². The standard InChI is InChI=1S/C28H29N3O6/c1-4-35-27(32)18-31(28(33)37-23-15-13-21(34-3)14-16-23)17-20-9-11-22(12-10-20)36-19-26-29-24-7-5-6-8-25(24)30(26)2/h5-16H,4,17-19H2,1-3H3. The number of hydrogen-bond acceptors (Lipinski definition) is 7. The Morgan fingerprint density at radius 1 is 0.919 bits per heavy atom. The van der Waals surface area contributed by atoms with Crippen LogP contribution in [0, 0.1) is 0 Å². The number of ether oxygens (including phenoxy) is 4. The number of hydrogen-bond donors (Lipinski definition) is 0. The van der Waals surface area contributed by atoms with E-state index in [4.69, 9.17) is 18.9 Å². The van der Waals surface area contributed by atoms with Gasteiger partial charge in [0.25, 0.3) is 0 Å². The van der Waals surface area contributed by atoms with Crippen LogP contribution in [0.2, 0.25) is 0 Å². The van der Waals surface area contributed by atoms with Gasteiger partial charge in [0.15, 0.2) is 0 Å². The summed E-state index contributed by atoms with van der Waals surface area (Å²) >= 11 is 0. The van der Waals surface area contributed by atoms with Gasteiger partial charge in [-0.2, -0.15) is 0 Å². The number of rotatable bonds is 10. The van der Waals surface area contributed by atoms with Gasteiger partial charge < -0.3 is 23.5 Å². The van der Waals surface area contributed by atoms with Crippen molar-refractivity contribution < 1.29 is 28.5 Å². The van der Waals surface area contributed by atoms with Crippen molar-refractivity contribution in [2.24, 2.45) is 7.05 Å². The van der Waals surface area contributed by atoms with Crippen molar-refractivity contribution in [1.29, 1.82) is 0 Å². The molecular formula is C28H29N3O6. The molecular weight excluding hydrogens is 474 g/mol. The highest BCUT2D eigenvalue weighted by Crippen LogP contribution is 2.20. The second kappa shape index (κ2) is 11.9. The van der Waals surface area contributed by atoms with Crippen LogP contribution in [0.4, 0.5) is 4.79 Å². The predicted molar refractivity (Wildman–Crippen MR) is 138 cm³/mol. The van der Waals surface area contributed by atoms with Gasteiger partial charge in [-0.15, -0.1) is 0 Å². The Kier molecular flexibility index (Phi) is 8.25. The van der Waals surface area contributed by atoms with Crippen LogP contribution in [0.5, 0.6) is 17.2 Å². The highest BCUT2D eigenvalue weighted by atomic mass is 16.6. The molecule has 37 heavy (non-hydrogen) atoms. The summed E-state index contributed by atoms with van der Waals surface area (Å²) in [6.45, 7) is 2.16. The van der Waals surface area contributed by atoms with Gasteiger partial charge >= 0.3 is 12.1 Å². The number of carbonyl (C=O) groups is 2. The van der Waals surface area contributed by atoms with Crippen LogP contribution in [-0.4, -0.2) is 46.8 Å². The summed E-state index contributed by atoms with van der Waals surface area (Å²) in [6.07, 6.45) is -0.666. The molecule has 4 aromatic rings. The number of benzene rings is 3. The lowest BCUT2D eigenvalue weighted by molar-refractivity contribution is -0.144. The Morgan fingerprint density at radius 3 is 2.27 bits per heavy atom. The summed E-state index contributed by atoms with van der Waals surface area (Å²) in [4.78, 5) is 30.9. The maximum Gasteiger partial charge on any atom is 0.416 e. The number of amides is 1. The largest absolute Gasteiger partial charge is 0.497 e. The second-order valence-electron chi connectivity index (χ2n) is 8.21. The first kappa shape index (κ1) is 25.6. The van der Waals surface area contributed by atoms with Crippen molar-refractivity contribution in [2.45, 2.75) is 20.1 Å². The minimum Gasteiger partial charge on any atom is -0.497 e. The lowest BCUT2D eigenvalue weighted by Crippen LogP contribution is -2.38. The maximum absolute atomic E-state index is 12.9. The molecule has 1 heterocycles. The van der Waals surface area contributed by atoms with Gasteiger partial charge in [-0.1, -0.05) is 24.3 Å². The molecule has 3 aromatic carbocycles. The van der Waals surface area contributed by atoms with E-state index in [2.05, 4.69) is 4.98 Å². The molecule has 9 heteroatoms. The monoisotopic (exact) mass is 503 g/mol. The van der Waals surface area contributed by atoms with E-state index in [-0.39, 0.29) is 19.7 Å². The van der Waals surface area contributed by atoms with Crippen molar-refractivity contribution in [3.63, 3.8) is 0 Å². The van der Waals surface area contributed by atoms with Gasteiger partial charge in [0.1, 0.15) is 36.2 Å². The topological polar surface area (TPSA) is 92.1 Å². The summed E-state index contributed by atoms with van der Waals surface area (Å²) < 4.78 is 23.6. The molecule has 1 amide bonds. The normalized spacial score (nSPS) is 10.7. The van der Waals surface area contributed by atoms with E-state index >= 15 is 0 Å². The van der Waals surface area contributed by atoms with E-state index in [0.29, 0.717) is 23.9 Å². The van der Waals surface area contributed by atoms with Crippen molar-refractivity contribution in [3.8, 4) is 17.2 Å². The van der Waals surface area contributed by atoms with Gasteiger partial charge in [0.05, 0.1) is 24.8 Å². The zero-order valence-corrected chi connectivity index (χ0v) is 21.0. The third kappa shape index (κ3) is 6.58. The average Bonchev–Trinajstić information content (AvgIpc) is 3.24. The molecule has 0 radical (unpaired) electrons. The van der Waals surface area contributed by atoms with Crippen LogP contribution < -0.4 is 14.2 Å². The SMILES string of the molecule is CCOC(=O)CN(Cc1ccc(OCc2nc3ccccc3n2C)cc1)C(=O)Oc1ccc(OC)cc1. The van der Waals surface area contributed by atoms with Crippen molar-refractivity contribution in [3.05, 3.63) is 84.2 Å². The second-order valence-corrected chi connectivity index (χ2v) is 8.21. The number of carbonyl (C=O) groups excluding carboxylic acids is 2. The Hall–Kier alpha value is -4.53. The fourth-order valence-electron chi connectivity index (χ4n) is 3.74. The summed E-state index contributed by atoms with van der Waals surface area (Å²) in [5.41, 5.74) is 2.76. The van der Waals surface area contributed by atoms with Crippen molar-refractivity contribution in [2.75, 3.05) is 20.3 Å². The first-order valence-electron chi connectivity index (χ1n) is 11.9. The average molecular weight is 504 g/mol. The molecule has 0 aliphatic carbocycles. The fourth-order valence-corrected chi connectivity index (χ4v) is 3.74. The highest BCUT2D eigenvalue weighted by molar-refractivity contribution is 5.79. The van der Waals surface area contributed by atoms with Gasteiger partial charge in [0.2, 0.25) is 0 Å². The van der Waals surface area contributed by atoms with Crippen LogP contribution in [-0.2, 0) is 29.7 Å². The molecule has 0 bridgehead atoms. The molecule has 0 saturated carbocycles. The minimum absolute atomic E-state index is 0.152. The number of esters is 1. The van der Waals surface area contributed by atoms with E-state index < -0.39 is 12.1 Å². The van der Waals surface area contributed by atoms with Crippen LogP contribution in [0.1, 0.15) is 18.3 Å². The molecule has 0 aliphatic rings. The fraction of sp³-hybridized carbons (Fsp3) is 0.250. The number of para-hydroxylation sites is 2. The maximum atomic E-state index is 12.9. The smallest absolute Gasteiger partial charge is 0.416 e. The van der Waals surface area contributed by atoms with Gasteiger partial charge in [-0.05, 0) is 61.0 Å². The molecule has 4 rings (SSSR count). The molecule has 0 spiro atoms. The Bertz CT molecular complexity index is 1350. The van der Waals surface area contributed by atoms with E-state index in [1.165, 1.54) is 4.90 Å². The summed E-state index contributed by atoms with van der Waals surface area (Å²) in [7, 11) is 3.51. The number of imidazole rings is 1. The number of nitrogens with zero attached hydrogens (tertiary/aromatic N) is 3. The zero-order valence-electron chi connectivity index (χ0n) is 21.0. The van der Waals surface area contributed by atoms with Gasteiger partial charge in [-0.3, -0.25) is 9.69 Å². The molecule has 0 N–H and O–H groups in total. The van der Waals surface area contributed by atoms with Crippen LogP contribution in [0.15, 0.2) is 72.8 Å². The highest BCUT2D eigenvalue weighted by Gasteiger charge is 2.21. The lowest BCUT2D eigenvalue weighted by Gasteiger charge is -2.21. The molecule has 0 atom stereocenters. The molecule has 0 aliphatic heterocycles. The molecule has 0 unspecified atom stereocenters. The summed E-state index contributed by atoms with van der Waals surface area (Å²) in [5, 5.41) is 0. The third-order valence-electron chi connectivity index (χ3n) is 5.69. The predicted octanol–water partition coefficient (Wildman–Crippen LogP) is 4.73. The van der Waals surface area contributed by atoms with Crippen LogP contribution >= 0.6 is 0 Å². The molecule has 0 saturated heterocycles. The first-order valence-corrected chi connectivity index (χ1v) is 11.9. The number of aromatic nitrogens is 2. The van der Waals surface area contributed by atoms with Crippen LogP contribution in [0.3, 0.4) is 0 Å².